The van der Waals surface area contributed by atoms with Crippen LogP contribution in [-0.4, -0.2) is 37.2 Å². The van der Waals surface area contributed by atoms with Crippen molar-refractivity contribution in [3.8, 4) is 0 Å². The van der Waals surface area contributed by atoms with Crippen molar-refractivity contribution in [2.75, 3.05) is 26.2 Å². The fraction of sp³-hybridized carbons (Fsp3) is 1.00. The summed E-state index contributed by atoms with van der Waals surface area (Å²) in [6.45, 7) is 5.12. The molecule has 2 aliphatic heterocycles. The molecule has 100 valence electrons. The number of unbranched alkanes of at least 4 members (excludes halogenated alkanes) is 5. The molecule has 1 unspecified atom stereocenters. The van der Waals surface area contributed by atoms with Gasteiger partial charge in [-0.2, -0.15) is 0 Å². The van der Waals surface area contributed by atoms with Crippen molar-refractivity contribution in [2.24, 2.45) is 0 Å². The summed E-state index contributed by atoms with van der Waals surface area (Å²) in [5.41, 5.74) is 0. The van der Waals surface area contributed by atoms with Gasteiger partial charge in [0.2, 0.25) is 0 Å². The molecule has 2 saturated heterocycles. The van der Waals surface area contributed by atoms with Gasteiger partial charge in [0.15, 0.2) is 0 Å². The summed E-state index contributed by atoms with van der Waals surface area (Å²) in [7, 11) is 0. The Balaban J connectivity index is 1.31. The van der Waals surface area contributed by atoms with E-state index in [-0.39, 0.29) is 0 Å². The Morgan fingerprint density at radius 1 is 0.824 bits per heavy atom. The highest BCUT2D eigenvalue weighted by molar-refractivity contribution is 4.68. The largest absolute Gasteiger partial charge is 0.373 e. The van der Waals surface area contributed by atoms with Crippen LogP contribution in [0.5, 0.6) is 0 Å². The molecule has 2 aliphatic rings. The molecule has 2 rings (SSSR count). The molecule has 0 N–H and O–H groups in total. The average Bonchev–Trinajstić information content (AvgIpc) is 3.18. The molecule has 0 aliphatic carbocycles. The minimum Gasteiger partial charge on any atom is -0.373 e. The molecule has 2 fully saturated rings. The van der Waals surface area contributed by atoms with Crippen LogP contribution in [0.25, 0.3) is 0 Å². The smallest absolute Gasteiger partial charge is 0.0810 e. The molecule has 0 radical (unpaired) electrons. The zero-order valence-corrected chi connectivity index (χ0v) is 11.3. The second-order valence-electron chi connectivity index (χ2n) is 5.77. The standard InChI is InChI=1S/C15H29NO/c1(3-6-10-15-14-17-15)2-4-7-11-16-12-8-5-9-13-16/h15H,1-14H2. The van der Waals surface area contributed by atoms with E-state index in [1.54, 1.807) is 0 Å². The van der Waals surface area contributed by atoms with Crippen molar-refractivity contribution < 1.29 is 4.74 Å². The molecular formula is C15H29NO. The Bertz CT molecular complexity index is 185. The van der Waals surface area contributed by atoms with E-state index in [0.29, 0.717) is 6.10 Å². The van der Waals surface area contributed by atoms with Crippen LogP contribution in [0.3, 0.4) is 0 Å². The van der Waals surface area contributed by atoms with Crippen molar-refractivity contribution in [2.45, 2.75) is 70.3 Å². The number of likely N-dealkylation sites (tertiary alicyclic amines) is 1. The first-order valence-corrected chi connectivity index (χ1v) is 7.79. The maximum Gasteiger partial charge on any atom is 0.0810 e. The first-order valence-electron chi connectivity index (χ1n) is 7.79. The number of epoxide rings is 1. The van der Waals surface area contributed by atoms with E-state index in [4.69, 9.17) is 4.74 Å². The van der Waals surface area contributed by atoms with Gasteiger partial charge in [-0.1, -0.05) is 38.5 Å². The van der Waals surface area contributed by atoms with Gasteiger partial charge in [-0.15, -0.1) is 0 Å². The van der Waals surface area contributed by atoms with Crippen molar-refractivity contribution in [3.63, 3.8) is 0 Å². The maximum atomic E-state index is 5.22. The van der Waals surface area contributed by atoms with Crippen molar-refractivity contribution >= 4 is 0 Å². The van der Waals surface area contributed by atoms with Gasteiger partial charge in [0.05, 0.1) is 12.7 Å². The highest BCUT2D eigenvalue weighted by Gasteiger charge is 2.20. The molecule has 0 aromatic heterocycles. The maximum absolute atomic E-state index is 5.22. The topological polar surface area (TPSA) is 15.8 Å². The van der Waals surface area contributed by atoms with Crippen molar-refractivity contribution in [1.82, 2.24) is 4.90 Å². The quantitative estimate of drug-likeness (QED) is 0.451. The summed E-state index contributed by atoms with van der Waals surface area (Å²) in [6.07, 6.45) is 14.8. The van der Waals surface area contributed by atoms with Gasteiger partial charge in [0.1, 0.15) is 0 Å². The predicted octanol–water partition coefficient (Wildman–Crippen LogP) is 3.60. The van der Waals surface area contributed by atoms with E-state index in [1.807, 2.05) is 0 Å². The number of ether oxygens (including phenoxy) is 1. The van der Waals surface area contributed by atoms with Crippen molar-refractivity contribution in [3.05, 3.63) is 0 Å². The lowest BCUT2D eigenvalue weighted by atomic mass is 10.1. The summed E-state index contributed by atoms with van der Waals surface area (Å²) in [4.78, 5) is 2.66. The van der Waals surface area contributed by atoms with Gasteiger partial charge >= 0.3 is 0 Å². The number of hydrogen-bond acceptors (Lipinski definition) is 2. The molecule has 0 amide bonds. The highest BCUT2D eigenvalue weighted by Crippen LogP contribution is 2.18. The van der Waals surface area contributed by atoms with Crippen molar-refractivity contribution in [1.29, 1.82) is 0 Å². The number of nitrogens with zero attached hydrogens (tertiary/aromatic N) is 1. The molecule has 17 heavy (non-hydrogen) atoms. The molecule has 2 heterocycles. The number of hydrogen-bond donors (Lipinski definition) is 0. The van der Waals surface area contributed by atoms with E-state index in [9.17, 15) is 0 Å². The fourth-order valence-electron chi connectivity index (χ4n) is 2.83. The SMILES string of the molecule is C(CCCCN1CCCCC1)CCCC1CO1. The minimum absolute atomic E-state index is 0.647. The summed E-state index contributed by atoms with van der Waals surface area (Å²) in [6, 6.07) is 0. The summed E-state index contributed by atoms with van der Waals surface area (Å²) < 4.78 is 5.22. The molecule has 0 spiro atoms. The zero-order valence-electron chi connectivity index (χ0n) is 11.3. The molecule has 1 atom stereocenters. The summed E-state index contributed by atoms with van der Waals surface area (Å²) in [5, 5.41) is 0. The van der Waals surface area contributed by atoms with E-state index < -0.39 is 0 Å². The van der Waals surface area contributed by atoms with Gasteiger partial charge in [0, 0.05) is 0 Å². The van der Waals surface area contributed by atoms with Crippen LogP contribution < -0.4 is 0 Å². The molecule has 2 nitrogen and oxygen atoms in total. The van der Waals surface area contributed by atoms with Gasteiger partial charge in [-0.3, -0.25) is 0 Å². The number of rotatable bonds is 9. The normalized spacial score (nSPS) is 25.1. The number of piperidine rings is 1. The first kappa shape index (κ1) is 13.4. The van der Waals surface area contributed by atoms with Crippen LogP contribution in [0.15, 0.2) is 0 Å². The molecule has 0 saturated carbocycles. The minimum atomic E-state index is 0.647. The third-order valence-electron chi connectivity index (χ3n) is 4.10. The van der Waals surface area contributed by atoms with Crippen LogP contribution in [0, 0.1) is 0 Å². The molecule has 0 bridgehead atoms. The fourth-order valence-corrected chi connectivity index (χ4v) is 2.83. The average molecular weight is 239 g/mol. The monoisotopic (exact) mass is 239 g/mol. The summed E-state index contributed by atoms with van der Waals surface area (Å²) in [5.74, 6) is 0. The lowest BCUT2D eigenvalue weighted by molar-refractivity contribution is 0.224. The second-order valence-corrected chi connectivity index (χ2v) is 5.77. The van der Waals surface area contributed by atoms with Crippen LogP contribution in [-0.2, 0) is 4.74 Å². The molecular weight excluding hydrogens is 210 g/mol. The molecule has 0 aromatic rings. The second kappa shape index (κ2) is 8.10. The zero-order chi connectivity index (χ0) is 11.8. The highest BCUT2D eigenvalue weighted by atomic mass is 16.6. The Kier molecular flexibility index (Phi) is 6.36. The van der Waals surface area contributed by atoms with Gasteiger partial charge < -0.3 is 9.64 Å². The molecule has 0 aromatic carbocycles. The predicted molar refractivity (Wildman–Crippen MR) is 72.4 cm³/mol. The summed E-state index contributed by atoms with van der Waals surface area (Å²) >= 11 is 0. The Hall–Kier alpha value is -0.0800. The third-order valence-corrected chi connectivity index (χ3v) is 4.10. The van der Waals surface area contributed by atoms with Gasteiger partial charge in [-0.25, -0.2) is 0 Å². The first-order chi connectivity index (χ1) is 8.45. The van der Waals surface area contributed by atoms with Gasteiger partial charge in [-0.05, 0) is 45.3 Å². The van der Waals surface area contributed by atoms with E-state index in [1.165, 1.54) is 83.8 Å². The Labute approximate surface area is 107 Å². The van der Waals surface area contributed by atoms with Crippen LogP contribution in [0.4, 0.5) is 0 Å². The van der Waals surface area contributed by atoms with E-state index >= 15 is 0 Å². The van der Waals surface area contributed by atoms with E-state index in [2.05, 4.69) is 4.90 Å². The molecule has 2 heteroatoms. The Morgan fingerprint density at radius 3 is 2.18 bits per heavy atom. The van der Waals surface area contributed by atoms with E-state index in [0.717, 1.165) is 6.61 Å². The van der Waals surface area contributed by atoms with Crippen LogP contribution >= 0.6 is 0 Å². The third kappa shape index (κ3) is 6.42. The van der Waals surface area contributed by atoms with Gasteiger partial charge in [0.25, 0.3) is 0 Å². The lowest BCUT2D eigenvalue weighted by Gasteiger charge is -2.26. The Morgan fingerprint density at radius 2 is 1.47 bits per heavy atom. The lowest BCUT2D eigenvalue weighted by Crippen LogP contribution is -2.30. The van der Waals surface area contributed by atoms with Crippen LogP contribution in [0.1, 0.15) is 64.2 Å². The van der Waals surface area contributed by atoms with Crippen LogP contribution in [0.2, 0.25) is 0 Å².